The van der Waals surface area contributed by atoms with Crippen LogP contribution < -0.4 is 0 Å². The summed E-state index contributed by atoms with van der Waals surface area (Å²) in [6.45, 7) is 8.11. The van der Waals surface area contributed by atoms with Gasteiger partial charge < -0.3 is 5.11 Å². The van der Waals surface area contributed by atoms with Gasteiger partial charge in [-0.05, 0) is 36.0 Å². The van der Waals surface area contributed by atoms with Crippen LogP contribution in [0.15, 0.2) is 24.3 Å². The summed E-state index contributed by atoms with van der Waals surface area (Å²) < 4.78 is 12.8. The third kappa shape index (κ3) is 6.38. The average Bonchev–Trinajstić information content (AvgIpc) is 2.30. The molecule has 0 heterocycles. The molecule has 1 unspecified atom stereocenters. The molecule has 102 valence electrons. The Morgan fingerprint density at radius 1 is 1.22 bits per heavy atom. The lowest BCUT2D eigenvalue weighted by molar-refractivity contribution is -0.137. The van der Waals surface area contributed by atoms with E-state index in [9.17, 15) is 9.18 Å². The minimum absolute atomic E-state index is 0.0295. The molecular weight excluding hydrogens is 231 g/mol. The zero-order valence-electron chi connectivity index (χ0n) is 11.6. The van der Waals surface area contributed by atoms with E-state index in [-0.39, 0.29) is 18.2 Å². The van der Waals surface area contributed by atoms with Crippen LogP contribution in [0.2, 0.25) is 0 Å². The number of carboxylic acids is 1. The van der Waals surface area contributed by atoms with Crippen LogP contribution in [0.5, 0.6) is 0 Å². The van der Waals surface area contributed by atoms with Gasteiger partial charge in [-0.25, -0.2) is 4.39 Å². The van der Waals surface area contributed by atoms with Crippen molar-refractivity contribution in [3.05, 3.63) is 35.6 Å². The number of hydrogen-bond donors (Lipinski definition) is 1. The first-order chi connectivity index (χ1) is 8.49. The Kier molecular flexibility index (Phi) is 8.01. The maximum Gasteiger partial charge on any atom is 0.303 e. The second kappa shape index (κ2) is 8.67. The molecule has 1 atom stereocenters. The van der Waals surface area contributed by atoms with Crippen LogP contribution in [0.1, 0.15) is 52.0 Å². The Morgan fingerprint density at radius 2 is 1.72 bits per heavy atom. The van der Waals surface area contributed by atoms with Gasteiger partial charge in [0.2, 0.25) is 0 Å². The number of hydrogen-bond acceptors (Lipinski definition) is 1. The highest BCUT2D eigenvalue weighted by molar-refractivity contribution is 5.68. The predicted octanol–water partition coefficient (Wildman–Crippen LogP) is 4.46. The quantitative estimate of drug-likeness (QED) is 0.842. The normalized spacial score (nSPS) is 11.7. The lowest BCUT2D eigenvalue weighted by atomic mass is 9.88. The molecule has 0 aliphatic carbocycles. The fraction of sp³-hybridized carbons (Fsp3) is 0.533. The van der Waals surface area contributed by atoms with E-state index in [1.807, 2.05) is 13.8 Å². The Balaban J connectivity index is 0.00000137. The first-order valence-electron chi connectivity index (χ1n) is 6.46. The Hall–Kier alpha value is -1.38. The lowest BCUT2D eigenvalue weighted by Gasteiger charge is -2.17. The molecule has 2 nitrogen and oxygen atoms in total. The molecule has 18 heavy (non-hydrogen) atoms. The van der Waals surface area contributed by atoms with E-state index in [1.54, 1.807) is 12.1 Å². The molecule has 3 heteroatoms. The Bertz CT molecular complexity index is 344. The molecule has 0 aliphatic rings. The molecule has 1 rings (SSSR count). The van der Waals surface area contributed by atoms with Crippen molar-refractivity contribution < 1.29 is 14.3 Å². The fourth-order valence-corrected chi connectivity index (χ4v) is 1.85. The van der Waals surface area contributed by atoms with E-state index >= 15 is 0 Å². The molecule has 1 aromatic rings. The smallest absolute Gasteiger partial charge is 0.303 e. The highest BCUT2D eigenvalue weighted by atomic mass is 19.1. The zero-order valence-corrected chi connectivity index (χ0v) is 11.6. The second-order valence-corrected chi connectivity index (χ2v) is 4.48. The summed E-state index contributed by atoms with van der Waals surface area (Å²) in [5, 5.41) is 8.84. The van der Waals surface area contributed by atoms with Crippen LogP contribution >= 0.6 is 0 Å². The van der Waals surface area contributed by atoms with E-state index in [1.165, 1.54) is 12.1 Å². The minimum atomic E-state index is -0.810. The van der Waals surface area contributed by atoms with Crippen molar-refractivity contribution in [1.29, 1.82) is 0 Å². The molecule has 0 saturated carbocycles. The minimum Gasteiger partial charge on any atom is -0.481 e. The Labute approximate surface area is 109 Å². The van der Waals surface area contributed by atoms with Gasteiger partial charge in [0.05, 0.1) is 6.42 Å². The molecule has 0 amide bonds. The number of carboxylic acid groups (broad SMARTS) is 1. The molecule has 1 N–H and O–H groups in total. The summed E-state index contributed by atoms with van der Waals surface area (Å²) in [5.41, 5.74) is 0.900. The van der Waals surface area contributed by atoms with E-state index in [0.717, 1.165) is 12.0 Å². The molecular formula is C15H23FO2. The van der Waals surface area contributed by atoms with Gasteiger partial charge in [-0.3, -0.25) is 4.79 Å². The predicted molar refractivity (Wildman–Crippen MR) is 72.2 cm³/mol. The van der Waals surface area contributed by atoms with Gasteiger partial charge in [-0.1, -0.05) is 39.8 Å². The summed E-state index contributed by atoms with van der Waals surface area (Å²) in [6.07, 6.45) is 0.905. The van der Waals surface area contributed by atoms with Crippen LogP contribution in [0.25, 0.3) is 0 Å². The monoisotopic (exact) mass is 254 g/mol. The molecule has 0 bridgehead atoms. The van der Waals surface area contributed by atoms with Crippen molar-refractivity contribution in [2.75, 3.05) is 0 Å². The second-order valence-electron chi connectivity index (χ2n) is 4.48. The summed E-state index contributed by atoms with van der Waals surface area (Å²) in [7, 11) is 0. The molecule has 0 aliphatic heterocycles. The van der Waals surface area contributed by atoms with Gasteiger partial charge in [-0.2, -0.15) is 0 Å². The van der Waals surface area contributed by atoms with E-state index in [0.29, 0.717) is 5.92 Å². The summed E-state index contributed by atoms with van der Waals surface area (Å²) >= 11 is 0. The molecule has 0 saturated heterocycles. The third-order valence-electron chi connectivity index (χ3n) is 2.52. The fourth-order valence-electron chi connectivity index (χ4n) is 1.85. The van der Waals surface area contributed by atoms with Gasteiger partial charge >= 0.3 is 5.97 Å². The van der Waals surface area contributed by atoms with Crippen LogP contribution in [0.4, 0.5) is 4.39 Å². The summed E-state index contributed by atoms with van der Waals surface area (Å²) in [4.78, 5) is 10.8. The first-order valence-corrected chi connectivity index (χ1v) is 6.46. The molecule has 0 spiro atoms. The molecule has 0 fully saturated rings. The maximum absolute atomic E-state index is 12.8. The van der Waals surface area contributed by atoms with Crippen molar-refractivity contribution in [3.8, 4) is 0 Å². The summed E-state index contributed by atoms with van der Waals surface area (Å²) in [6, 6.07) is 6.10. The number of benzene rings is 1. The van der Waals surface area contributed by atoms with E-state index in [2.05, 4.69) is 13.8 Å². The molecule has 0 radical (unpaired) electrons. The SMILES string of the molecule is CC.CC(C)CC(CC(=O)O)c1ccc(F)cc1. The molecule has 1 aromatic carbocycles. The maximum atomic E-state index is 12.8. The number of carbonyl (C=O) groups is 1. The largest absolute Gasteiger partial charge is 0.481 e. The number of rotatable bonds is 5. The number of halogens is 1. The van der Waals surface area contributed by atoms with E-state index < -0.39 is 5.97 Å². The van der Waals surface area contributed by atoms with Gasteiger partial charge in [-0.15, -0.1) is 0 Å². The van der Waals surface area contributed by atoms with Crippen molar-refractivity contribution in [1.82, 2.24) is 0 Å². The first kappa shape index (κ1) is 16.6. The van der Waals surface area contributed by atoms with Gasteiger partial charge in [0.25, 0.3) is 0 Å². The van der Waals surface area contributed by atoms with Crippen LogP contribution in [0, 0.1) is 11.7 Å². The van der Waals surface area contributed by atoms with Crippen molar-refractivity contribution in [2.24, 2.45) is 5.92 Å². The van der Waals surface area contributed by atoms with Crippen molar-refractivity contribution >= 4 is 5.97 Å². The van der Waals surface area contributed by atoms with Gasteiger partial charge in [0.1, 0.15) is 5.82 Å². The Morgan fingerprint density at radius 3 is 2.11 bits per heavy atom. The van der Waals surface area contributed by atoms with Crippen molar-refractivity contribution in [3.63, 3.8) is 0 Å². The highest BCUT2D eigenvalue weighted by Gasteiger charge is 2.16. The van der Waals surface area contributed by atoms with Crippen LogP contribution in [0.3, 0.4) is 0 Å². The summed E-state index contributed by atoms with van der Waals surface area (Å²) in [5.74, 6) is -0.704. The average molecular weight is 254 g/mol. The zero-order chi connectivity index (χ0) is 14.1. The van der Waals surface area contributed by atoms with E-state index in [4.69, 9.17) is 5.11 Å². The standard InChI is InChI=1S/C13H17FO2.C2H6/c1-9(2)7-11(8-13(15)16)10-3-5-12(14)6-4-10;1-2/h3-6,9,11H,7-8H2,1-2H3,(H,15,16);1-2H3. The van der Waals surface area contributed by atoms with Crippen molar-refractivity contribution in [2.45, 2.75) is 46.5 Å². The van der Waals surface area contributed by atoms with Crippen LogP contribution in [-0.4, -0.2) is 11.1 Å². The van der Waals surface area contributed by atoms with Gasteiger partial charge in [0.15, 0.2) is 0 Å². The topological polar surface area (TPSA) is 37.3 Å². The molecule has 0 aromatic heterocycles. The highest BCUT2D eigenvalue weighted by Crippen LogP contribution is 2.27. The van der Waals surface area contributed by atoms with Gasteiger partial charge in [0, 0.05) is 0 Å². The van der Waals surface area contributed by atoms with Crippen LogP contribution in [-0.2, 0) is 4.79 Å². The third-order valence-corrected chi connectivity index (χ3v) is 2.52. The number of aliphatic carboxylic acids is 1. The lowest BCUT2D eigenvalue weighted by Crippen LogP contribution is -2.09.